The molecule has 152 valence electrons. The second kappa shape index (κ2) is 10.4. The predicted octanol–water partition coefficient (Wildman–Crippen LogP) is 5.82. The number of nitrogens with one attached hydrogen (secondary N) is 1. The molecule has 0 aliphatic carbocycles. The van der Waals surface area contributed by atoms with Crippen LogP contribution in [0.25, 0.3) is 0 Å². The van der Waals surface area contributed by atoms with Gasteiger partial charge in [-0.1, -0.05) is 57.9 Å². The fraction of sp³-hybridized carbons (Fsp3) is 0.250. The number of rotatable bonds is 9. The van der Waals surface area contributed by atoms with Crippen molar-refractivity contribution in [3.8, 4) is 11.5 Å². The molecule has 5 heteroatoms. The Morgan fingerprint density at radius 2 is 1.62 bits per heavy atom. The zero-order chi connectivity index (χ0) is 20.6. The summed E-state index contributed by atoms with van der Waals surface area (Å²) in [5, 5.41) is 3.42. The summed E-state index contributed by atoms with van der Waals surface area (Å²) < 4.78 is 25.4. The van der Waals surface area contributed by atoms with Gasteiger partial charge in [-0.05, 0) is 60.8 Å². The van der Waals surface area contributed by atoms with Gasteiger partial charge in [0.05, 0.1) is 7.11 Å². The van der Waals surface area contributed by atoms with Crippen LogP contribution in [-0.4, -0.2) is 13.7 Å². The molecule has 0 heterocycles. The molecule has 29 heavy (non-hydrogen) atoms. The van der Waals surface area contributed by atoms with Gasteiger partial charge in [-0.15, -0.1) is 0 Å². The van der Waals surface area contributed by atoms with Gasteiger partial charge in [0.2, 0.25) is 0 Å². The van der Waals surface area contributed by atoms with E-state index in [1.807, 2.05) is 24.3 Å². The van der Waals surface area contributed by atoms with Crippen LogP contribution in [0.2, 0.25) is 0 Å². The normalized spacial score (nSPS) is 10.8. The van der Waals surface area contributed by atoms with Gasteiger partial charge in [0.15, 0.2) is 11.5 Å². The Kier molecular flexibility index (Phi) is 7.67. The van der Waals surface area contributed by atoms with Crippen molar-refractivity contribution >= 4 is 15.9 Å². The summed E-state index contributed by atoms with van der Waals surface area (Å²) in [5.41, 5.74) is 4.53. The van der Waals surface area contributed by atoms with Crippen LogP contribution >= 0.6 is 15.9 Å². The van der Waals surface area contributed by atoms with Crippen molar-refractivity contribution in [1.82, 2.24) is 5.32 Å². The van der Waals surface area contributed by atoms with Gasteiger partial charge in [-0.25, -0.2) is 4.39 Å². The molecule has 0 radical (unpaired) electrons. The molecule has 3 rings (SSSR count). The Morgan fingerprint density at radius 3 is 2.31 bits per heavy atom. The van der Waals surface area contributed by atoms with Gasteiger partial charge in [0.1, 0.15) is 12.4 Å². The molecule has 0 spiro atoms. The van der Waals surface area contributed by atoms with Crippen molar-refractivity contribution in [3.63, 3.8) is 0 Å². The highest BCUT2D eigenvalue weighted by Crippen LogP contribution is 2.34. The summed E-state index contributed by atoms with van der Waals surface area (Å²) in [6.07, 6.45) is 0.840. The van der Waals surface area contributed by atoms with Crippen molar-refractivity contribution in [3.05, 3.63) is 93.2 Å². The first-order valence-electron chi connectivity index (χ1n) is 9.55. The fourth-order valence-corrected chi connectivity index (χ4v) is 3.40. The van der Waals surface area contributed by atoms with E-state index in [4.69, 9.17) is 9.47 Å². The van der Waals surface area contributed by atoms with E-state index in [0.29, 0.717) is 24.7 Å². The van der Waals surface area contributed by atoms with Crippen LogP contribution in [0.1, 0.15) is 22.3 Å². The highest BCUT2D eigenvalue weighted by molar-refractivity contribution is 9.10. The number of benzene rings is 3. The topological polar surface area (TPSA) is 30.5 Å². The van der Waals surface area contributed by atoms with Crippen LogP contribution in [-0.2, 0) is 19.6 Å². The number of hydrogen-bond acceptors (Lipinski definition) is 3. The molecule has 3 aromatic carbocycles. The average Bonchev–Trinajstić information content (AvgIpc) is 2.73. The largest absolute Gasteiger partial charge is 0.493 e. The van der Waals surface area contributed by atoms with Crippen LogP contribution in [0.5, 0.6) is 11.5 Å². The third-order valence-corrected chi connectivity index (χ3v) is 5.40. The van der Waals surface area contributed by atoms with E-state index in [-0.39, 0.29) is 5.82 Å². The van der Waals surface area contributed by atoms with Crippen LogP contribution < -0.4 is 14.8 Å². The van der Waals surface area contributed by atoms with E-state index in [1.54, 1.807) is 7.11 Å². The quantitative estimate of drug-likeness (QED) is 0.410. The number of halogens is 2. The Morgan fingerprint density at radius 1 is 0.931 bits per heavy atom. The fourth-order valence-electron chi connectivity index (χ4n) is 2.94. The van der Waals surface area contributed by atoms with E-state index >= 15 is 0 Å². The molecule has 0 amide bonds. The molecule has 0 aliphatic heterocycles. The number of methoxy groups -OCH3 is 1. The predicted molar refractivity (Wildman–Crippen MR) is 118 cm³/mol. The average molecular weight is 458 g/mol. The summed E-state index contributed by atoms with van der Waals surface area (Å²) in [6, 6.07) is 18.8. The maximum absolute atomic E-state index is 13.0. The molecular weight excluding hydrogens is 433 g/mol. The SMILES string of the molecule is COc1cc(CNCCc2ccc(F)cc2)c(Br)cc1OCc1ccc(C)cc1. The Hall–Kier alpha value is -2.37. The van der Waals surface area contributed by atoms with Crippen molar-refractivity contribution in [2.24, 2.45) is 0 Å². The lowest BCUT2D eigenvalue weighted by Gasteiger charge is -2.15. The van der Waals surface area contributed by atoms with E-state index < -0.39 is 0 Å². The molecule has 1 N–H and O–H groups in total. The zero-order valence-corrected chi connectivity index (χ0v) is 18.3. The van der Waals surface area contributed by atoms with E-state index in [2.05, 4.69) is 52.4 Å². The summed E-state index contributed by atoms with van der Waals surface area (Å²) in [6.45, 7) is 4.04. The second-order valence-corrected chi connectivity index (χ2v) is 7.78. The molecule has 3 nitrogen and oxygen atoms in total. The van der Waals surface area contributed by atoms with E-state index in [1.165, 1.54) is 17.7 Å². The lowest BCUT2D eigenvalue weighted by atomic mass is 10.1. The smallest absolute Gasteiger partial charge is 0.162 e. The first-order valence-corrected chi connectivity index (χ1v) is 10.3. The third kappa shape index (κ3) is 6.31. The van der Waals surface area contributed by atoms with Crippen LogP contribution in [0.4, 0.5) is 4.39 Å². The maximum Gasteiger partial charge on any atom is 0.162 e. The van der Waals surface area contributed by atoms with E-state index in [0.717, 1.165) is 34.1 Å². The number of ether oxygens (including phenoxy) is 2. The Labute approximate surface area is 180 Å². The molecule has 0 fully saturated rings. The van der Waals surface area contributed by atoms with Crippen LogP contribution in [0.3, 0.4) is 0 Å². The van der Waals surface area contributed by atoms with Gasteiger partial charge >= 0.3 is 0 Å². The number of aryl methyl sites for hydroxylation is 1. The lowest BCUT2D eigenvalue weighted by molar-refractivity contribution is 0.284. The van der Waals surface area contributed by atoms with Gasteiger partial charge in [-0.2, -0.15) is 0 Å². The molecular formula is C24H25BrFNO2. The molecule has 0 aromatic heterocycles. The Balaban J connectivity index is 1.57. The second-order valence-electron chi connectivity index (χ2n) is 6.92. The van der Waals surface area contributed by atoms with Crippen molar-refractivity contribution in [1.29, 1.82) is 0 Å². The van der Waals surface area contributed by atoms with Crippen molar-refractivity contribution in [2.75, 3.05) is 13.7 Å². The minimum Gasteiger partial charge on any atom is -0.493 e. The van der Waals surface area contributed by atoms with Crippen LogP contribution in [0.15, 0.2) is 65.1 Å². The van der Waals surface area contributed by atoms with Crippen molar-refractivity contribution < 1.29 is 13.9 Å². The summed E-state index contributed by atoms with van der Waals surface area (Å²) in [4.78, 5) is 0. The van der Waals surface area contributed by atoms with E-state index in [9.17, 15) is 4.39 Å². The number of hydrogen-bond donors (Lipinski definition) is 1. The van der Waals surface area contributed by atoms with Gasteiger partial charge in [-0.3, -0.25) is 0 Å². The molecule has 3 aromatic rings. The molecule has 0 aliphatic rings. The summed E-state index contributed by atoms with van der Waals surface area (Å²) in [7, 11) is 1.65. The van der Waals surface area contributed by atoms with Crippen molar-refractivity contribution in [2.45, 2.75) is 26.5 Å². The first kappa shape index (κ1) is 21.3. The summed E-state index contributed by atoms with van der Waals surface area (Å²) in [5.74, 6) is 1.20. The first-order chi connectivity index (χ1) is 14.0. The minimum atomic E-state index is -0.206. The zero-order valence-electron chi connectivity index (χ0n) is 16.7. The van der Waals surface area contributed by atoms with Crippen LogP contribution in [0, 0.1) is 12.7 Å². The monoisotopic (exact) mass is 457 g/mol. The van der Waals surface area contributed by atoms with Gasteiger partial charge in [0, 0.05) is 11.0 Å². The highest BCUT2D eigenvalue weighted by Gasteiger charge is 2.11. The third-order valence-electron chi connectivity index (χ3n) is 4.67. The molecule has 0 unspecified atom stereocenters. The summed E-state index contributed by atoms with van der Waals surface area (Å²) >= 11 is 3.63. The molecule has 0 saturated carbocycles. The van der Waals surface area contributed by atoms with Gasteiger partial charge < -0.3 is 14.8 Å². The standard InChI is InChI=1S/C24H25BrFNO2/c1-17-3-5-19(6-4-17)16-29-24-14-22(25)20(13-23(24)28-2)15-27-12-11-18-7-9-21(26)10-8-18/h3-10,13-14,27H,11-12,15-16H2,1-2H3. The minimum absolute atomic E-state index is 0.206. The molecule has 0 bridgehead atoms. The van der Waals surface area contributed by atoms with Gasteiger partial charge in [0.25, 0.3) is 0 Å². The Bertz CT molecular complexity index is 927. The highest BCUT2D eigenvalue weighted by atomic mass is 79.9. The molecule has 0 atom stereocenters. The lowest BCUT2D eigenvalue weighted by Crippen LogP contribution is -2.17. The molecule has 0 saturated heterocycles. The maximum atomic E-state index is 13.0.